The van der Waals surface area contributed by atoms with Crippen LogP contribution in [0.25, 0.3) is 20.2 Å². The minimum Gasteiger partial charge on any atom is -0.497 e. The number of rotatable bonds is 7. The summed E-state index contributed by atoms with van der Waals surface area (Å²) in [5.41, 5.74) is 2.13. The summed E-state index contributed by atoms with van der Waals surface area (Å²) in [6, 6.07) is 9.85. The molecule has 0 aliphatic rings. The van der Waals surface area contributed by atoms with Crippen molar-refractivity contribution in [2.75, 3.05) is 38.6 Å². The van der Waals surface area contributed by atoms with Gasteiger partial charge in [-0.3, -0.25) is 4.79 Å². The lowest BCUT2D eigenvalue weighted by molar-refractivity contribution is 0.316. The summed E-state index contributed by atoms with van der Waals surface area (Å²) < 4.78 is 7.31. The van der Waals surface area contributed by atoms with Crippen LogP contribution in [0.2, 0.25) is 0 Å². The zero-order valence-electron chi connectivity index (χ0n) is 15.9. The van der Waals surface area contributed by atoms with E-state index in [0.717, 1.165) is 57.6 Å². The highest BCUT2D eigenvalue weighted by atomic mass is 32.1. The third-order valence-electron chi connectivity index (χ3n) is 4.88. The molecule has 1 heterocycles. The van der Waals surface area contributed by atoms with Crippen LogP contribution in [-0.4, -0.2) is 38.2 Å². The minimum absolute atomic E-state index is 0.0710. The number of anilines is 1. The Hall–Kier alpha value is -2.11. The molecule has 0 spiro atoms. The molecule has 2 aromatic carbocycles. The molecule has 0 bridgehead atoms. The van der Waals surface area contributed by atoms with Gasteiger partial charge in [-0.15, -0.1) is 11.3 Å². The molecule has 0 aliphatic heterocycles. The third-order valence-corrected chi connectivity index (χ3v) is 6.01. The minimum atomic E-state index is 0.0710. The zero-order valence-corrected chi connectivity index (χ0v) is 16.7. The van der Waals surface area contributed by atoms with E-state index in [1.165, 1.54) is 0 Å². The van der Waals surface area contributed by atoms with Crippen molar-refractivity contribution in [1.82, 2.24) is 4.90 Å². The highest BCUT2D eigenvalue weighted by Gasteiger charge is 2.13. The third kappa shape index (κ3) is 3.55. The fraction of sp³-hybridized carbons (Fsp3) is 0.381. The average molecular weight is 371 g/mol. The van der Waals surface area contributed by atoms with Gasteiger partial charge in [0.2, 0.25) is 0 Å². The van der Waals surface area contributed by atoms with E-state index in [2.05, 4.69) is 43.1 Å². The monoisotopic (exact) mass is 370 g/mol. The Morgan fingerprint density at radius 2 is 1.85 bits per heavy atom. The molecular weight excluding hydrogens is 344 g/mol. The molecular formula is C21H26N2O2S. The van der Waals surface area contributed by atoms with E-state index in [9.17, 15) is 4.79 Å². The Balaban J connectivity index is 2.08. The van der Waals surface area contributed by atoms with Crippen LogP contribution < -0.4 is 15.5 Å². The Bertz CT molecular complexity index is 977. The van der Waals surface area contributed by atoms with Gasteiger partial charge in [0.25, 0.3) is 0 Å². The first-order valence-corrected chi connectivity index (χ1v) is 9.91. The summed E-state index contributed by atoms with van der Waals surface area (Å²) in [6.45, 7) is 10.2. The number of hydrogen-bond acceptors (Lipinski definition) is 5. The molecule has 0 amide bonds. The van der Waals surface area contributed by atoms with Gasteiger partial charge in [-0.05, 0) is 49.8 Å². The number of likely N-dealkylation sites (N-methyl/N-ethyl adjacent to an activating group) is 1. The summed E-state index contributed by atoms with van der Waals surface area (Å²) >= 11 is 1.65. The molecule has 0 saturated carbocycles. The number of nitrogens with zero attached hydrogens (tertiary/aromatic N) is 1. The molecule has 0 atom stereocenters. The van der Waals surface area contributed by atoms with Crippen LogP contribution in [0.5, 0.6) is 5.75 Å². The number of fused-ring (bicyclic) bond motifs is 2. The lowest BCUT2D eigenvalue weighted by Gasteiger charge is -2.19. The maximum Gasteiger partial charge on any atom is 0.198 e. The Morgan fingerprint density at radius 3 is 2.54 bits per heavy atom. The summed E-state index contributed by atoms with van der Waals surface area (Å²) in [7, 11) is 1.63. The van der Waals surface area contributed by atoms with E-state index < -0.39 is 0 Å². The molecule has 0 radical (unpaired) electrons. The molecule has 5 heteroatoms. The van der Waals surface area contributed by atoms with Crippen LogP contribution in [0.3, 0.4) is 0 Å². The van der Waals surface area contributed by atoms with Gasteiger partial charge < -0.3 is 15.0 Å². The lowest BCUT2D eigenvalue weighted by Crippen LogP contribution is -2.29. The van der Waals surface area contributed by atoms with Crippen molar-refractivity contribution in [3.63, 3.8) is 0 Å². The van der Waals surface area contributed by atoms with E-state index in [0.29, 0.717) is 5.75 Å². The maximum atomic E-state index is 13.2. The Labute approximate surface area is 158 Å². The summed E-state index contributed by atoms with van der Waals surface area (Å²) in [5, 5.41) is 5.03. The van der Waals surface area contributed by atoms with Gasteiger partial charge in [-0.25, -0.2) is 0 Å². The molecule has 4 nitrogen and oxygen atoms in total. The molecule has 3 aromatic rings. The van der Waals surface area contributed by atoms with Crippen LogP contribution in [0.15, 0.2) is 35.1 Å². The van der Waals surface area contributed by atoms with Gasteiger partial charge in [-0.2, -0.15) is 0 Å². The van der Waals surface area contributed by atoms with E-state index in [4.69, 9.17) is 4.74 Å². The molecule has 0 fully saturated rings. The van der Waals surface area contributed by atoms with Crippen molar-refractivity contribution in [3.05, 3.63) is 46.1 Å². The zero-order chi connectivity index (χ0) is 18.7. The molecule has 138 valence electrons. The van der Waals surface area contributed by atoms with Crippen LogP contribution in [0.1, 0.15) is 19.4 Å². The topological polar surface area (TPSA) is 41.6 Å². The van der Waals surface area contributed by atoms with E-state index in [-0.39, 0.29) is 5.43 Å². The normalized spacial score (nSPS) is 11.4. The fourth-order valence-corrected chi connectivity index (χ4v) is 4.33. The second-order valence-corrected chi connectivity index (χ2v) is 7.46. The molecule has 3 rings (SSSR count). The van der Waals surface area contributed by atoms with Gasteiger partial charge >= 0.3 is 0 Å². The van der Waals surface area contributed by atoms with Gasteiger partial charge in [0.15, 0.2) is 5.43 Å². The predicted octanol–water partition coefficient (Wildman–Crippen LogP) is 4.49. The van der Waals surface area contributed by atoms with Gasteiger partial charge in [0, 0.05) is 33.6 Å². The predicted molar refractivity (Wildman–Crippen MR) is 113 cm³/mol. The summed E-state index contributed by atoms with van der Waals surface area (Å²) in [4.78, 5) is 15.6. The van der Waals surface area contributed by atoms with Gasteiger partial charge in [0.05, 0.1) is 12.5 Å². The molecule has 0 unspecified atom stereocenters. The lowest BCUT2D eigenvalue weighted by atomic mass is 10.1. The van der Waals surface area contributed by atoms with Crippen molar-refractivity contribution >= 4 is 37.2 Å². The van der Waals surface area contributed by atoms with Crippen LogP contribution in [-0.2, 0) is 0 Å². The second kappa shape index (κ2) is 8.06. The molecule has 0 saturated heterocycles. The fourth-order valence-electron chi connectivity index (χ4n) is 3.26. The van der Waals surface area contributed by atoms with E-state index in [1.807, 2.05) is 18.2 Å². The quantitative estimate of drug-likeness (QED) is 0.623. The number of ether oxygens (including phenoxy) is 1. The van der Waals surface area contributed by atoms with E-state index >= 15 is 0 Å². The number of methoxy groups -OCH3 is 1. The first kappa shape index (κ1) is 18.7. The van der Waals surface area contributed by atoms with Crippen molar-refractivity contribution < 1.29 is 4.74 Å². The van der Waals surface area contributed by atoms with Crippen LogP contribution in [0, 0.1) is 6.92 Å². The van der Waals surface area contributed by atoms with Crippen molar-refractivity contribution in [3.8, 4) is 5.75 Å². The number of nitrogens with one attached hydrogen (secondary N) is 1. The van der Waals surface area contributed by atoms with Crippen molar-refractivity contribution in [2.24, 2.45) is 0 Å². The summed E-state index contributed by atoms with van der Waals surface area (Å²) in [5.74, 6) is 0.713. The number of hydrogen-bond donors (Lipinski definition) is 1. The van der Waals surface area contributed by atoms with Gasteiger partial charge in [0.1, 0.15) is 5.75 Å². The Kier molecular flexibility index (Phi) is 5.79. The van der Waals surface area contributed by atoms with Crippen molar-refractivity contribution in [2.45, 2.75) is 20.8 Å². The highest BCUT2D eigenvalue weighted by Crippen LogP contribution is 2.32. The largest absolute Gasteiger partial charge is 0.497 e. The maximum absolute atomic E-state index is 13.2. The Morgan fingerprint density at radius 1 is 1.12 bits per heavy atom. The molecule has 1 N–H and O–H groups in total. The van der Waals surface area contributed by atoms with Crippen molar-refractivity contribution in [1.29, 1.82) is 0 Å². The molecule has 1 aromatic heterocycles. The van der Waals surface area contributed by atoms with Crippen LogP contribution in [0.4, 0.5) is 5.69 Å². The standard InChI is InChI=1S/C21H26N2O2S/c1-5-23(6-2)12-11-22-20-14(3)7-9-18-19(20)21(24)16-13-15(25-4)8-10-17(16)26-18/h7-10,13,22H,5-6,11-12H2,1-4H3. The number of aryl methyl sites for hydroxylation is 1. The van der Waals surface area contributed by atoms with Crippen LogP contribution >= 0.6 is 11.3 Å². The second-order valence-electron chi connectivity index (χ2n) is 6.38. The smallest absolute Gasteiger partial charge is 0.198 e. The first-order valence-electron chi connectivity index (χ1n) is 9.09. The number of benzene rings is 2. The molecule has 0 aliphatic carbocycles. The highest BCUT2D eigenvalue weighted by molar-refractivity contribution is 7.24. The average Bonchev–Trinajstić information content (AvgIpc) is 2.67. The first-order chi connectivity index (χ1) is 12.6. The summed E-state index contributed by atoms with van der Waals surface area (Å²) in [6.07, 6.45) is 0. The van der Waals surface area contributed by atoms with Gasteiger partial charge in [-0.1, -0.05) is 19.9 Å². The SMILES string of the molecule is CCN(CC)CCNc1c(C)ccc2sc3ccc(OC)cc3c(=O)c12. The van der Waals surface area contributed by atoms with E-state index in [1.54, 1.807) is 18.4 Å². The molecule has 26 heavy (non-hydrogen) atoms.